The second-order valence-corrected chi connectivity index (χ2v) is 5.80. The van der Waals surface area contributed by atoms with Crippen molar-refractivity contribution in [1.82, 2.24) is 0 Å². The lowest BCUT2D eigenvalue weighted by Gasteiger charge is -2.16. The Morgan fingerprint density at radius 2 is 1.68 bits per heavy atom. The van der Waals surface area contributed by atoms with Crippen LogP contribution in [0, 0.1) is 0 Å². The van der Waals surface area contributed by atoms with Gasteiger partial charge in [0.25, 0.3) is 0 Å². The van der Waals surface area contributed by atoms with Gasteiger partial charge in [0.05, 0.1) is 6.61 Å². The number of ether oxygens (including phenoxy) is 3. The minimum absolute atomic E-state index is 0.0165. The minimum atomic E-state index is -0.918. The van der Waals surface area contributed by atoms with Gasteiger partial charge in [0.2, 0.25) is 0 Å². The summed E-state index contributed by atoms with van der Waals surface area (Å²) >= 11 is 0. The van der Waals surface area contributed by atoms with Crippen LogP contribution in [0.25, 0.3) is 10.8 Å². The molecule has 0 heterocycles. The number of hydrogen-bond donors (Lipinski definition) is 1. The van der Waals surface area contributed by atoms with Crippen molar-refractivity contribution >= 4 is 16.7 Å². The molecule has 0 saturated heterocycles. The molecule has 134 valence electrons. The van der Waals surface area contributed by atoms with E-state index in [4.69, 9.17) is 14.2 Å². The molecule has 5 heteroatoms. The summed E-state index contributed by atoms with van der Waals surface area (Å²) in [7, 11) is 0. The van der Waals surface area contributed by atoms with Crippen molar-refractivity contribution in [2.45, 2.75) is 26.4 Å². The lowest BCUT2D eigenvalue weighted by molar-refractivity contribution is -0.142. The summed E-state index contributed by atoms with van der Waals surface area (Å²) in [5.74, 6) is 0.924. The van der Waals surface area contributed by atoms with Gasteiger partial charge >= 0.3 is 5.97 Å². The van der Waals surface area contributed by atoms with Gasteiger partial charge in [0, 0.05) is 16.3 Å². The van der Waals surface area contributed by atoms with Crippen LogP contribution >= 0.6 is 0 Å². The monoisotopic (exact) mass is 344 g/mol. The van der Waals surface area contributed by atoms with Crippen molar-refractivity contribution in [3.8, 4) is 11.5 Å². The summed E-state index contributed by atoms with van der Waals surface area (Å²) in [4.78, 5) is 11.3. The van der Waals surface area contributed by atoms with Crippen LogP contribution in [0.3, 0.4) is 0 Å². The van der Waals surface area contributed by atoms with Crippen LogP contribution in [0.5, 0.6) is 11.5 Å². The fourth-order valence-corrected chi connectivity index (χ4v) is 2.24. The fraction of sp³-hybridized carbons (Fsp3) is 0.350. The molecule has 0 saturated carbocycles. The maximum absolute atomic E-state index is 11.3. The third-order valence-electron chi connectivity index (χ3n) is 3.49. The zero-order valence-corrected chi connectivity index (χ0v) is 14.7. The third-order valence-corrected chi connectivity index (χ3v) is 3.49. The van der Waals surface area contributed by atoms with Gasteiger partial charge < -0.3 is 19.3 Å². The molecule has 0 radical (unpaired) electrons. The molecule has 2 aromatic carbocycles. The van der Waals surface area contributed by atoms with E-state index in [2.05, 4.69) is 13.5 Å². The van der Waals surface area contributed by atoms with E-state index in [0.717, 1.165) is 22.9 Å². The second-order valence-electron chi connectivity index (χ2n) is 5.80. The Bertz CT molecular complexity index is 738. The zero-order chi connectivity index (χ0) is 18.2. The van der Waals surface area contributed by atoms with Crippen LogP contribution < -0.4 is 9.47 Å². The number of fused-ring (bicyclic) bond motifs is 1. The lowest BCUT2D eigenvalue weighted by atomic mass is 10.1. The number of hydrogen-bond acceptors (Lipinski definition) is 5. The van der Waals surface area contributed by atoms with E-state index in [0.29, 0.717) is 17.9 Å². The van der Waals surface area contributed by atoms with Gasteiger partial charge in [-0.25, -0.2) is 4.79 Å². The summed E-state index contributed by atoms with van der Waals surface area (Å²) in [6.45, 7) is 7.63. The summed E-state index contributed by atoms with van der Waals surface area (Å²) in [6.07, 6.45) is 0.0138. The van der Waals surface area contributed by atoms with Crippen LogP contribution in [0.1, 0.15) is 20.3 Å². The topological polar surface area (TPSA) is 65.0 Å². The lowest BCUT2D eigenvalue weighted by Crippen LogP contribution is -2.25. The molecule has 2 rings (SSSR count). The Balaban J connectivity index is 2.04. The summed E-state index contributed by atoms with van der Waals surface area (Å²) < 4.78 is 16.4. The molecule has 0 aliphatic rings. The van der Waals surface area contributed by atoms with Crippen molar-refractivity contribution in [3.05, 3.63) is 48.6 Å². The molecular weight excluding hydrogens is 320 g/mol. The average molecular weight is 344 g/mol. The van der Waals surface area contributed by atoms with E-state index < -0.39 is 12.1 Å². The van der Waals surface area contributed by atoms with Gasteiger partial charge in [-0.2, -0.15) is 0 Å². The smallest absolute Gasteiger partial charge is 0.333 e. The van der Waals surface area contributed by atoms with Crippen LogP contribution in [0.4, 0.5) is 0 Å². The largest absolute Gasteiger partial charge is 0.493 e. The number of carbonyl (C=O) groups excluding carboxylic acids is 1. The number of carbonyl (C=O) groups is 1. The first kappa shape index (κ1) is 18.8. The van der Waals surface area contributed by atoms with Gasteiger partial charge in [-0.05, 0) is 25.5 Å². The van der Waals surface area contributed by atoms with E-state index in [1.807, 2.05) is 36.4 Å². The standard InChI is InChI=1S/C20H24O5/c1-4-11-23-18-9-10-19(17-8-6-5-7-16(17)18)24-12-15(21)13-25-20(22)14(2)3/h5-10,15,21H,2,4,11-13H2,1,3H3. The number of esters is 1. The maximum atomic E-state index is 11.3. The quantitative estimate of drug-likeness (QED) is 0.557. The summed E-state index contributed by atoms with van der Waals surface area (Å²) in [6, 6.07) is 11.5. The van der Waals surface area contributed by atoms with Gasteiger partial charge in [-0.1, -0.05) is 37.8 Å². The van der Waals surface area contributed by atoms with Gasteiger partial charge in [0.15, 0.2) is 0 Å². The van der Waals surface area contributed by atoms with E-state index in [-0.39, 0.29) is 13.2 Å². The van der Waals surface area contributed by atoms with Crippen molar-refractivity contribution in [2.24, 2.45) is 0 Å². The summed E-state index contributed by atoms with van der Waals surface area (Å²) in [5, 5.41) is 11.8. The van der Waals surface area contributed by atoms with Gasteiger partial charge in [0.1, 0.15) is 30.8 Å². The Morgan fingerprint density at radius 1 is 1.08 bits per heavy atom. The molecule has 0 amide bonds. The molecule has 1 N–H and O–H groups in total. The third kappa shape index (κ3) is 5.22. The van der Waals surface area contributed by atoms with Crippen LogP contribution in [0.15, 0.2) is 48.6 Å². The molecule has 0 aromatic heterocycles. The summed E-state index contributed by atoms with van der Waals surface area (Å²) in [5.41, 5.74) is 0.293. The van der Waals surface area contributed by atoms with E-state index in [9.17, 15) is 9.90 Å². The number of rotatable bonds is 9. The molecule has 2 aromatic rings. The Morgan fingerprint density at radius 3 is 2.24 bits per heavy atom. The minimum Gasteiger partial charge on any atom is -0.493 e. The maximum Gasteiger partial charge on any atom is 0.333 e. The Kier molecular flexibility index (Phi) is 6.83. The molecule has 0 aliphatic heterocycles. The number of benzene rings is 2. The van der Waals surface area contributed by atoms with Crippen LogP contribution in [-0.4, -0.2) is 37.0 Å². The van der Waals surface area contributed by atoms with Crippen molar-refractivity contribution in [2.75, 3.05) is 19.8 Å². The molecule has 1 unspecified atom stereocenters. The highest BCUT2D eigenvalue weighted by Crippen LogP contribution is 2.33. The van der Waals surface area contributed by atoms with Crippen molar-refractivity contribution in [3.63, 3.8) is 0 Å². The molecule has 0 spiro atoms. The SMILES string of the molecule is C=C(C)C(=O)OCC(O)COc1ccc(OCCC)c2ccccc12. The Hall–Kier alpha value is -2.53. The normalized spacial score (nSPS) is 11.8. The molecule has 1 atom stereocenters. The molecule has 0 bridgehead atoms. The average Bonchev–Trinajstić information content (AvgIpc) is 2.62. The van der Waals surface area contributed by atoms with Crippen molar-refractivity contribution in [1.29, 1.82) is 0 Å². The van der Waals surface area contributed by atoms with Crippen LogP contribution in [0.2, 0.25) is 0 Å². The fourth-order valence-electron chi connectivity index (χ4n) is 2.24. The van der Waals surface area contributed by atoms with E-state index in [1.54, 1.807) is 6.92 Å². The number of aliphatic hydroxyl groups excluding tert-OH is 1. The van der Waals surface area contributed by atoms with E-state index >= 15 is 0 Å². The molecule has 0 aliphatic carbocycles. The van der Waals surface area contributed by atoms with Gasteiger partial charge in [-0.3, -0.25) is 0 Å². The predicted molar refractivity (Wildman–Crippen MR) is 97.0 cm³/mol. The highest BCUT2D eigenvalue weighted by atomic mass is 16.5. The highest BCUT2D eigenvalue weighted by Gasteiger charge is 2.12. The van der Waals surface area contributed by atoms with Crippen LogP contribution in [-0.2, 0) is 9.53 Å². The Labute approximate surface area is 147 Å². The molecule has 5 nitrogen and oxygen atoms in total. The first-order valence-electron chi connectivity index (χ1n) is 8.31. The van der Waals surface area contributed by atoms with Crippen molar-refractivity contribution < 1.29 is 24.1 Å². The first-order valence-corrected chi connectivity index (χ1v) is 8.31. The molecular formula is C20H24O5. The second kappa shape index (κ2) is 9.08. The van der Waals surface area contributed by atoms with Gasteiger partial charge in [-0.15, -0.1) is 0 Å². The first-order chi connectivity index (χ1) is 12.0. The number of aliphatic hydroxyl groups is 1. The zero-order valence-electron chi connectivity index (χ0n) is 14.7. The highest BCUT2D eigenvalue weighted by molar-refractivity contribution is 5.93. The predicted octanol–water partition coefficient (Wildman–Crippen LogP) is 3.49. The molecule has 0 fully saturated rings. The van der Waals surface area contributed by atoms with E-state index in [1.165, 1.54) is 0 Å². The molecule has 25 heavy (non-hydrogen) atoms.